The van der Waals surface area contributed by atoms with E-state index in [0.717, 1.165) is 28.9 Å². The van der Waals surface area contributed by atoms with Gasteiger partial charge < -0.3 is 5.32 Å². The van der Waals surface area contributed by atoms with Gasteiger partial charge in [0.2, 0.25) is 0 Å². The topological polar surface area (TPSA) is 29.1 Å². The summed E-state index contributed by atoms with van der Waals surface area (Å²) in [6, 6.07) is 7.52. The number of benzene rings is 1. The van der Waals surface area contributed by atoms with Gasteiger partial charge in [0.05, 0.1) is 0 Å². The molecule has 0 aliphatic heterocycles. The molecule has 0 bridgehead atoms. The van der Waals surface area contributed by atoms with Gasteiger partial charge in [0.1, 0.15) is 0 Å². The average molecular weight is 352 g/mol. The molecule has 1 N–H and O–H groups in total. The second-order valence-corrected chi connectivity index (χ2v) is 7.03. The van der Waals surface area contributed by atoms with Crippen LogP contribution in [0.4, 0.5) is 0 Å². The molecule has 1 aliphatic carbocycles. The Kier molecular flexibility index (Phi) is 7.28. The molecule has 1 saturated carbocycles. The number of rotatable bonds is 5. The van der Waals surface area contributed by atoms with Crippen molar-refractivity contribution in [2.24, 2.45) is 5.92 Å². The molecule has 1 aliphatic rings. The Labute approximate surface area is 136 Å². The first kappa shape index (κ1) is 16.5. The van der Waals surface area contributed by atoms with Gasteiger partial charge >= 0.3 is 0 Å². The van der Waals surface area contributed by atoms with Crippen LogP contribution in [-0.2, 0) is 0 Å². The molecule has 2 nitrogen and oxygen atoms in total. The Morgan fingerprint density at radius 3 is 2.33 bits per heavy atom. The summed E-state index contributed by atoms with van der Waals surface area (Å²) in [5.41, 5.74) is 0.740. The number of carbonyl (C=O) groups excluding carboxylic acids is 1. The molecule has 3 heteroatoms. The number of hydrogen-bond acceptors (Lipinski definition) is 1. The van der Waals surface area contributed by atoms with E-state index in [1.165, 1.54) is 51.4 Å². The van der Waals surface area contributed by atoms with Crippen LogP contribution in [0.5, 0.6) is 0 Å². The van der Waals surface area contributed by atoms with E-state index in [4.69, 9.17) is 0 Å². The molecular formula is C18H26BrNO. The summed E-state index contributed by atoms with van der Waals surface area (Å²) in [6.07, 6.45) is 12.2. The zero-order valence-corrected chi connectivity index (χ0v) is 14.3. The van der Waals surface area contributed by atoms with Crippen LogP contribution < -0.4 is 5.32 Å². The van der Waals surface area contributed by atoms with Gasteiger partial charge in [-0.3, -0.25) is 4.79 Å². The normalized spacial score (nSPS) is 17.0. The van der Waals surface area contributed by atoms with Crippen molar-refractivity contribution in [1.29, 1.82) is 0 Å². The third-order valence-corrected chi connectivity index (χ3v) is 4.93. The minimum absolute atomic E-state index is 0.0418. The van der Waals surface area contributed by atoms with Crippen LogP contribution in [0.2, 0.25) is 0 Å². The summed E-state index contributed by atoms with van der Waals surface area (Å²) < 4.78 is 1.00. The van der Waals surface area contributed by atoms with Gasteiger partial charge in [-0.05, 0) is 43.0 Å². The molecule has 1 aromatic carbocycles. The second-order valence-electron chi connectivity index (χ2n) is 6.12. The predicted molar refractivity (Wildman–Crippen MR) is 91.5 cm³/mol. The molecule has 1 amide bonds. The molecular weight excluding hydrogens is 326 g/mol. The average Bonchev–Trinajstić information content (AvgIpc) is 2.45. The highest BCUT2D eigenvalue weighted by Gasteiger charge is 2.11. The van der Waals surface area contributed by atoms with Gasteiger partial charge in [-0.25, -0.2) is 0 Å². The summed E-state index contributed by atoms with van der Waals surface area (Å²) in [5, 5.41) is 3.03. The summed E-state index contributed by atoms with van der Waals surface area (Å²) >= 11 is 3.38. The van der Waals surface area contributed by atoms with E-state index in [1.54, 1.807) is 0 Å². The second kappa shape index (κ2) is 9.24. The first-order chi connectivity index (χ1) is 10.3. The van der Waals surface area contributed by atoms with Crippen molar-refractivity contribution in [1.82, 2.24) is 5.32 Å². The van der Waals surface area contributed by atoms with Crippen molar-refractivity contribution in [3.8, 4) is 0 Å². The molecule has 1 fully saturated rings. The van der Waals surface area contributed by atoms with Crippen LogP contribution in [0, 0.1) is 5.92 Å². The molecule has 0 atom stereocenters. The lowest BCUT2D eigenvalue weighted by Gasteiger charge is -2.19. The Morgan fingerprint density at radius 2 is 1.67 bits per heavy atom. The lowest BCUT2D eigenvalue weighted by Crippen LogP contribution is -2.24. The Bertz CT molecular complexity index is 421. The summed E-state index contributed by atoms with van der Waals surface area (Å²) in [7, 11) is 0. The van der Waals surface area contributed by atoms with Gasteiger partial charge in [0.15, 0.2) is 0 Å². The predicted octanol–water partition coefficient (Wildman–Crippen LogP) is 5.32. The maximum atomic E-state index is 12.0. The smallest absolute Gasteiger partial charge is 0.251 e. The van der Waals surface area contributed by atoms with Crippen molar-refractivity contribution in [3.63, 3.8) is 0 Å². The largest absolute Gasteiger partial charge is 0.352 e. The van der Waals surface area contributed by atoms with Gasteiger partial charge in [-0.15, -0.1) is 0 Å². The van der Waals surface area contributed by atoms with E-state index in [2.05, 4.69) is 21.2 Å². The number of amides is 1. The van der Waals surface area contributed by atoms with E-state index in [1.807, 2.05) is 24.3 Å². The Morgan fingerprint density at radius 1 is 1.05 bits per heavy atom. The van der Waals surface area contributed by atoms with E-state index in [0.29, 0.717) is 0 Å². The fraction of sp³-hybridized carbons (Fsp3) is 0.611. The minimum Gasteiger partial charge on any atom is -0.352 e. The van der Waals surface area contributed by atoms with Crippen molar-refractivity contribution in [2.75, 3.05) is 6.54 Å². The third-order valence-electron chi connectivity index (χ3n) is 4.41. The van der Waals surface area contributed by atoms with Gasteiger partial charge in [-0.2, -0.15) is 0 Å². The summed E-state index contributed by atoms with van der Waals surface area (Å²) in [5.74, 6) is 0.926. The van der Waals surface area contributed by atoms with E-state index < -0.39 is 0 Å². The van der Waals surface area contributed by atoms with Crippen LogP contribution in [0.25, 0.3) is 0 Å². The number of nitrogens with one attached hydrogen (secondary N) is 1. The monoisotopic (exact) mass is 351 g/mol. The lowest BCUT2D eigenvalue weighted by molar-refractivity contribution is 0.0952. The van der Waals surface area contributed by atoms with Crippen molar-refractivity contribution in [3.05, 3.63) is 34.3 Å². The van der Waals surface area contributed by atoms with Crippen LogP contribution in [0.3, 0.4) is 0 Å². The Hall–Kier alpha value is -0.830. The van der Waals surface area contributed by atoms with Crippen LogP contribution in [0.1, 0.15) is 68.1 Å². The minimum atomic E-state index is 0.0418. The molecule has 116 valence electrons. The lowest BCUT2D eigenvalue weighted by atomic mass is 9.88. The third kappa shape index (κ3) is 6.21. The highest BCUT2D eigenvalue weighted by atomic mass is 79.9. The van der Waals surface area contributed by atoms with Crippen molar-refractivity contribution >= 4 is 21.8 Å². The molecule has 0 heterocycles. The van der Waals surface area contributed by atoms with E-state index in [-0.39, 0.29) is 5.91 Å². The number of carbonyl (C=O) groups is 1. The number of halogens is 1. The zero-order valence-electron chi connectivity index (χ0n) is 12.7. The Balaban J connectivity index is 1.64. The molecule has 2 rings (SSSR count). The summed E-state index contributed by atoms with van der Waals surface area (Å²) in [6.45, 7) is 0.797. The molecule has 0 spiro atoms. The molecule has 0 unspecified atom stereocenters. The van der Waals surface area contributed by atoms with Gasteiger partial charge in [0, 0.05) is 16.6 Å². The fourth-order valence-corrected chi connectivity index (χ4v) is 3.39. The molecule has 1 aromatic rings. The van der Waals surface area contributed by atoms with Crippen LogP contribution in [0.15, 0.2) is 28.7 Å². The summed E-state index contributed by atoms with van der Waals surface area (Å²) in [4.78, 5) is 12.0. The maximum Gasteiger partial charge on any atom is 0.251 e. The highest BCUT2D eigenvalue weighted by molar-refractivity contribution is 9.10. The van der Waals surface area contributed by atoms with E-state index >= 15 is 0 Å². The first-order valence-electron chi connectivity index (χ1n) is 8.29. The molecule has 0 aromatic heterocycles. The van der Waals surface area contributed by atoms with Gasteiger partial charge in [0.25, 0.3) is 5.91 Å². The quantitative estimate of drug-likeness (QED) is 0.714. The fourth-order valence-electron chi connectivity index (χ4n) is 3.13. The van der Waals surface area contributed by atoms with Crippen molar-refractivity contribution < 1.29 is 4.79 Å². The van der Waals surface area contributed by atoms with Gasteiger partial charge in [-0.1, -0.05) is 60.9 Å². The standard InChI is InChI=1S/C18H26BrNO/c19-17-12-10-16(11-13-17)18(21)20-14-6-9-15-7-4-2-1-3-5-8-15/h10-13,15H,1-9,14H2,(H,20,21). The van der Waals surface area contributed by atoms with Crippen molar-refractivity contribution in [2.45, 2.75) is 57.8 Å². The first-order valence-corrected chi connectivity index (χ1v) is 9.09. The SMILES string of the molecule is O=C(NCCCC1CCCCCCC1)c1ccc(Br)cc1. The maximum absolute atomic E-state index is 12.0. The molecule has 0 saturated heterocycles. The zero-order chi connectivity index (χ0) is 14.9. The van der Waals surface area contributed by atoms with Crippen LogP contribution in [-0.4, -0.2) is 12.5 Å². The van der Waals surface area contributed by atoms with Crippen LogP contribution >= 0.6 is 15.9 Å². The molecule has 0 radical (unpaired) electrons. The van der Waals surface area contributed by atoms with E-state index in [9.17, 15) is 4.79 Å². The highest BCUT2D eigenvalue weighted by Crippen LogP contribution is 2.25. The number of hydrogen-bond donors (Lipinski definition) is 1. The molecule has 21 heavy (non-hydrogen) atoms.